The largest absolute Gasteiger partial charge is 0.497 e. The second-order valence-electron chi connectivity index (χ2n) is 4.19. The number of nitrogens with two attached hydrogens (primary N) is 1. The Balaban J connectivity index is 2.05. The molecule has 0 spiro atoms. The number of rotatable bonds is 3. The maximum absolute atomic E-state index is 5.39. The van der Waals surface area contributed by atoms with E-state index in [2.05, 4.69) is 27.5 Å². The first-order valence-corrected chi connectivity index (χ1v) is 5.81. The molecule has 0 aliphatic carbocycles. The predicted molar refractivity (Wildman–Crippen MR) is 71.9 cm³/mol. The van der Waals surface area contributed by atoms with Gasteiger partial charge in [0, 0.05) is 18.4 Å². The first-order chi connectivity index (χ1) is 8.72. The molecule has 2 rings (SSSR count). The fraction of sp³-hybridized carbons (Fsp3) is 0.308. The lowest BCUT2D eigenvalue weighted by Crippen LogP contribution is -2.41. The summed E-state index contributed by atoms with van der Waals surface area (Å²) in [5, 5.41) is 0. The van der Waals surface area contributed by atoms with E-state index in [1.54, 1.807) is 7.11 Å². The van der Waals surface area contributed by atoms with Gasteiger partial charge in [0.1, 0.15) is 11.6 Å². The number of hydrogen-bond donors (Lipinski definition) is 2. The molecule has 0 amide bonds. The number of nitrogens with one attached hydrogen (secondary N) is 1. The van der Waals surface area contributed by atoms with Gasteiger partial charge in [-0.2, -0.15) is 0 Å². The number of hydrazine groups is 1. The Labute approximate surface area is 107 Å². The van der Waals surface area contributed by atoms with Crippen LogP contribution in [-0.4, -0.2) is 24.4 Å². The lowest BCUT2D eigenvalue weighted by molar-refractivity contribution is 0.373. The van der Waals surface area contributed by atoms with Crippen LogP contribution in [-0.2, 0) is 6.54 Å². The van der Waals surface area contributed by atoms with E-state index >= 15 is 0 Å². The molecule has 0 saturated heterocycles. The Kier molecular flexibility index (Phi) is 3.84. The maximum Gasteiger partial charge on any atom is 0.135 e. The second-order valence-corrected chi connectivity index (χ2v) is 4.19. The maximum atomic E-state index is 5.39. The first-order valence-electron chi connectivity index (χ1n) is 5.81. The second kappa shape index (κ2) is 5.55. The molecule has 3 N–H and O–H groups in total. The molecule has 1 aromatic rings. The summed E-state index contributed by atoms with van der Waals surface area (Å²) >= 11 is 0. The highest BCUT2D eigenvalue weighted by atomic mass is 16.5. The summed E-state index contributed by atoms with van der Waals surface area (Å²) in [5.41, 5.74) is 4.96. The van der Waals surface area contributed by atoms with Gasteiger partial charge in [0.2, 0.25) is 0 Å². The number of allylic oxidation sites excluding steroid dienone is 1. The van der Waals surface area contributed by atoms with Crippen LogP contribution in [0.5, 0.6) is 5.75 Å². The zero-order valence-electron chi connectivity index (χ0n) is 10.7. The fourth-order valence-electron chi connectivity index (χ4n) is 1.81. The molecule has 1 aromatic carbocycles. The quantitative estimate of drug-likeness (QED) is 0.622. The van der Waals surface area contributed by atoms with E-state index in [-0.39, 0.29) is 0 Å². The predicted octanol–water partition coefficient (Wildman–Crippen LogP) is 1.23. The zero-order valence-corrected chi connectivity index (χ0v) is 10.7. The fourth-order valence-corrected chi connectivity index (χ4v) is 1.81. The number of aliphatic imine (C=N–C) groups is 1. The van der Waals surface area contributed by atoms with E-state index in [4.69, 9.17) is 10.6 Å². The van der Waals surface area contributed by atoms with Crippen molar-refractivity contribution in [3.05, 3.63) is 41.7 Å². The van der Waals surface area contributed by atoms with E-state index < -0.39 is 0 Å². The van der Waals surface area contributed by atoms with E-state index in [0.717, 1.165) is 23.8 Å². The highest BCUT2D eigenvalue weighted by Crippen LogP contribution is 2.16. The average molecular weight is 246 g/mol. The number of amidine groups is 1. The van der Waals surface area contributed by atoms with Crippen molar-refractivity contribution in [2.24, 2.45) is 10.8 Å². The van der Waals surface area contributed by atoms with Crippen molar-refractivity contribution in [1.29, 1.82) is 0 Å². The third-order valence-corrected chi connectivity index (χ3v) is 2.95. The van der Waals surface area contributed by atoms with Crippen LogP contribution in [0.2, 0.25) is 0 Å². The molecule has 96 valence electrons. The average Bonchev–Trinajstić information content (AvgIpc) is 2.42. The van der Waals surface area contributed by atoms with Crippen LogP contribution in [0.4, 0.5) is 0 Å². The molecule has 5 heteroatoms. The van der Waals surface area contributed by atoms with Crippen LogP contribution >= 0.6 is 0 Å². The van der Waals surface area contributed by atoms with Gasteiger partial charge in [-0.05, 0) is 24.6 Å². The van der Waals surface area contributed by atoms with Crippen LogP contribution < -0.4 is 16.0 Å². The molecule has 18 heavy (non-hydrogen) atoms. The molecule has 1 heterocycles. The Bertz CT molecular complexity index is 464. The molecule has 1 aliphatic rings. The van der Waals surface area contributed by atoms with Crippen molar-refractivity contribution in [2.45, 2.75) is 13.5 Å². The first kappa shape index (κ1) is 12.4. The Morgan fingerprint density at radius 1 is 1.39 bits per heavy atom. The van der Waals surface area contributed by atoms with Crippen molar-refractivity contribution in [3.63, 3.8) is 0 Å². The van der Waals surface area contributed by atoms with Crippen LogP contribution in [0.15, 0.2) is 41.2 Å². The minimum atomic E-state index is 0.699. The van der Waals surface area contributed by atoms with E-state index in [9.17, 15) is 0 Å². The minimum Gasteiger partial charge on any atom is -0.497 e. The molecular weight excluding hydrogens is 228 g/mol. The van der Waals surface area contributed by atoms with Gasteiger partial charge in [-0.15, -0.1) is 0 Å². The van der Waals surface area contributed by atoms with Crippen molar-refractivity contribution in [2.75, 3.05) is 13.7 Å². The SMILES string of the molecule is COc1ccc(CN2CC(NN)=NC=C2C)cc1. The molecule has 0 unspecified atom stereocenters. The van der Waals surface area contributed by atoms with Crippen molar-refractivity contribution >= 4 is 5.84 Å². The minimum absolute atomic E-state index is 0.699. The van der Waals surface area contributed by atoms with Gasteiger partial charge in [0.15, 0.2) is 0 Å². The summed E-state index contributed by atoms with van der Waals surface area (Å²) in [6, 6.07) is 8.06. The van der Waals surface area contributed by atoms with Gasteiger partial charge in [-0.25, -0.2) is 10.8 Å². The molecular formula is C13H18N4O. The third-order valence-electron chi connectivity index (χ3n) is 2.95. The Hall–Kier alpha value is -2.01. The molecule has 0 atom stereocenters. The van der Waals surface area contributed by atoms with Crippen LogP contribution in [0.25, 0.3) is 0 Å². The Morgan fingerprint density at radius 2 is 2.11 bits per heavy atom. The molecule has 5 nitrogen and oxygen atoms in total. The summed E-state index contributed by atoms with van der Waals surface area (Å²) in [5.74, 6) is 7.03. The summed E-state index contributed by atoms with van der Waals surface area (Å²) in [6.07, 6.45) is 1.82. The highest BCUT2D eigenvalue weighted by molar-refractivity contribution is 5.85. The topological polar surface area (TPSA) is 62.9 Å². The number of hydrogen-bond acceptors (Lipinski definition) is 5. The van der Waals surface area contributed by atoms with Crippen LogP contribution in [0.3, 0.4) is 0 Å². The molecule has 0 fully saturated rings. The summed E-state index contributed by atoms with van der Waals surface area (Å²) < 4.78 is 5.14. The van der Waals surface area contributed by atoms with Gasteiger partial charge in [0.25, 0.3) is 0 Å². The van der Waals surface area contributed by atoms with E-state index in [1.807, 2.05) is 25.3 Å². The van der Waals surface area contributed by atoms with Gasteiger partial charge in [-0.3, -0.25) is 0 Å². The van der Waals surface area contributed by atoms with Gasteiger partial charge >= 0.3 is 0 Å². The monoisotopic (exact) mass is 246 g/mol. The van der Waals surface area contributed by atoms with Crippen molar-refractivity contribution in [3.8, 4) is 5.75 Å². The van der Waals surface area contributed by atoms with Crippen molar-refractivity contribution < 1.29 is 4.74 Å². The smallest absolute Gasteiger partial charge is 0.135 e. The molecule has 0 saturated carbocycles. The van der Waals surface area contributed by atoms with Gasteiger partial charge in [0.05, 0.1) is 13.7 Å². The highest BCUT2D eigenvalue weighted by Gasteiger charge is 2.13. The molecule has 0 bridgehead atoms. The van der Waals surface area contributed by atoms with Crippen molar-refractivity contribution in [1.82, 2.24) is 10.3 Å². The summed E-state index contributed by atoms with van der Waals surface area (Å²) in [7, 11) is 1.67. The molecule has 0 aromatic heterocycles. The number of nitrogens with zero attached hydrogens (tertiary/aromatic N) is 2. The summed E-state index contributed by atoms with van der Waals surface area (Å²) in [4.78, 5) is 6.42. The molecule has 1 aliphatic heterocycles. The van der Waals surface area contributed by atoms with Crippen LogP contribution in [0.1, 0.15) is 12.5 Å². The standard InChI is InChI=1S/C13H18N4O/c1-10-7-15-13(16-14)9-17(10)8-11-3-5-12(18-2)6-4-11/h3-7H,8-9,14H2,1-2H3,(H,15,16). The summed E-state index contributed by atoms with van der Waals surface area (Å²) in [6.45, 7) is 3.57. The lowest BCUT2D eigenvalue weighted by atomic mass is 10.2. The zero-order chi connectivity index (χ0) is 13.0. The third kappa shape index (κ3) is 2.81. The number of benzene rings is 1. The van der Waals surface area contributed by atoms with Gasteiger partial charge in [-0.1, -0.05) is 12.1 Å². The van der Waals surface area contributed by atoms with E-state index in [1.165, 1.54) is 5.56 Å². The van der Waals surface area contributed by atoms with E-state index in [0.29, 0.717) is 6.54 Å². The molecule has 0 radical (unpaired) electrons. The number of ether oxygens (including phenoxy) is 1. The lowest BCUT2D eigenvalue weighted by Gasteiger charge is -2.28. The van der Waals surface area contributed by atoms with Gasteiger partial charge < -0.3 is 15.1 Å². The number of methoxy groups -OCH3 is 1. The Morgan fingerprint density at radius 3 is 2.72 bits per heavy atom. The van der Waals surface area contributed by atoms with Crippen LogP contribution in [0, 0.1) is 0 Å². The normalized spacial score (nSPS) is 14.9.